The molecule has 11 nitrogen and oxygen atoms in total. The van der Waals surface area contributed by atoms with E-state index >= 15 is 0 Å². The highest BCUT2D eigenvalue weighted by atomic mass is 32.1. The number of nitrogens with one attached hydrogen (secondary N) is 1. The Bertz CT molecular complexity index is 903. The van der Waals surface area contributed by atoms with Gasteiger partial charge in [0.2, 0.25) is 18.3 Å². The van der Waals surface area contributed by atoms with Gasteiger partial charge in [0, 0.05) is 24.0 Å². The lowest BCUT2D eigenvalue weighted by molar-refractivity contribution is -0.135. The second kappa shape index (κ2) is 9.48. The number of nitrogens with two attached hydrogens (primary N) is 1. The van der Waals surface area contributed by atoms with Crippen molar-refractivity contribution < 1.29 is 33.3 Å². The van der Waals surface area contributed by atoms with Crippen molar-refractivity contribution in [2.75, 3.05) is 27.6 Å². The summed E-state index contributed by atoms with van der Waals surface area (Å²) < 4.78 is 27.3. The fraction of sp³-hybridized carbons (Fsp3) is 0.444. The SMILES string of the molecule is CCOC(=O)C1=NO[C@H](Cc2c(/C=N/NC(N)=S)c(OC)c3c(c2OC)OCO3)C1. The minimum Gasteiger partial charge on any atom is -0.492 e. The average Bonchev–Trinajstić information content (AvgIpc) is 3.38. The molecule has 12 heteroatoms. The monoisotopic (exact) mass is 438 g/mol. The van der Waals surface area contributed by atoms with E-state index in [0.717, 1.165) is 0 Å². The summed E-state index contributed by atoms with van der Waals surface area (Å²) in [4.78, 5) is 17.4. The van der Waals surface area contributed by atoms with Crippen LogP contribution in [0.5, 0.6) is 23.0 Å². The molecule has 1 atom stereocenters. The van der Waals surface area contributed by atoms with Crippen LogP contribution in [0.15, 0.2) is 10.3 Å². The third kappa shape index (κ3) is 4.32. The minimum atomic E-state index is -0.502. The molecule has 1 aromatic carbocycles. The zero-order chi connectivity index (χ0) is 21.7. The molecule has 0 aliphatic carbocycles. The first kappa shape index (κ1) is 21.4. The number of rotatable bonds is 8. The Labute approximate surface area is 178 Å². The minimum absolute atomic E-state index is 0.00563. The second-order valence-electron chi connectivity index (χ2n) is 6.15. The van der Waals surface area contributed by atoms with Gasteiger partial charge in [-0.15, -0.1) is 0 Å². The lowest BCUT2D eigenvalue weighted by atomic mass is 9.96. The molecule has 0 radical (unpaired) electrons. The zero-order valence-electron chi connectivity index (χ0n) is 16.7. The van der Waals surface area contributed by atoms with Crippen molar-refractivity contribution in [1.82, 2.24) is 5.43 Å². The Kier molecular flexibility index (Phi) is 6.77. The van der Waals surface area contributed by atoms with Crippen LogP contribution in [0.2, 0.25) is 0 Å². The number of thiocarbonyl (C=S) groups is 1. The molecule has 0 amide bonds. The number of nitrogens with zero attached hydrogens (tertiary/aromatic N) is 2. The maximum atomic E-state index is 11.9. The highest BCUT2D eigenvalue weighted by molar-refractivity contribution is 7.80. The number of ether oxygens (including phenoxy) is 5. The van der Waals surface area contributed by atoms with Crippen molar-refractivity contribution in [1.29, 1.82) is 0 Å². The van der Waals surface area contributed by atoms with E-state index in [-0.39, 0.29) is 30.6 Å². The summed E-state index contributed by atoms with van der Waals surface area (Å²) in [5.41, 5.74) is 9.38. The summed E-state index contributed by atoms with van der Waals surface area (Å²) in [6.45, 7) is 2.00. The highest BCUT2D eigenvalue weighted by Crippen LogP contribution is 2.52. The van der Waals surface area contributed by atoms with Crippen LogP contribution in [0.1, 0.15) is 24.5 Å². The van der Waals surface area contributed by atoms with Crippen LogP contribution < -0.4 is 30.1 Å². The third-order valence-corrected chi connectivity index (χ3v) is 4.41. The van der Waals surface area contributed by atoms with Gasteiger partial charge in [0.1, 0.15) is 6.10 Å². The van der Waals surface area contributed by atoms with Gasteiger partial charge in [0.25, 0.3) is 0 Å². The van der Waals surface area contributed by atoms with Gasteiger partial charge in [-0.25, -0.2) is 4.79 Å². The first-order chi connectivity index (χ1) is 14.5. The van der Waals surface area contributed by atoms with E-state index < -0.39 is 12.1 Å². The van der Waals surface area contributed by atoms with Gasteiger partial charge in [-0.2, -0.15) is 5.10 Å². The Morgan fingerprint density at radius 2 is 2.03 bits per heavy atom. The summed E-state index contributed by atoms with van der Waals surface area (Å²) >= 11 is 4.78. The molecule has 162 valence electrons. The molecular weight excluding hydrogens is 416 g/mol. The third-order valence-electron chi connectivity index (χ3n) is 4.32. The van der Waals surface area contributed by atoms with Crippen LogP contribution in [0.25, 0.3) is 0 Å². The van der Waals surface area contributed by atoms with Gasteiger partial charge in [0.05, 0.1) is 27.0 Å². The van der Waals surface area contributed by atoms with Gasteiger partial charge in [-0.05, 0) is 19.1 Å². The molecule has 0 unspecified atom stereocenters. The maximum absolute atomic E-state index is 11.9. The largest absolute Gasteiger partial charge is 0.492 e. The quantitative estimate of drug-likeness (QED) is 0.260. The van der Waals surface area contributed by atoms with Gasteiger partial charge in [0.15, 0.2) is 22.3 Å². The van der Waals surface area contributed by atoms with Crippen LogP contribution in [0, 0.1) is 0 Å². The average molecular weight is 438 g/mol. The fourth-order valence-corrected chi connectivity index (χ4v) is 3.21. The molecule has 1 aromatic rings. The number of carbonyl (C=O) groups excluding carboxylic acids is 1. The number of hydrogen-bond acceptors (Lipinski definition) is 10. The van der Waals surface area contributed by atoms with Crippen LogP contribution in [-0.2, 0) is 20.8 Å². The summed E-state index contributed by atoms with van der Waals surface area (Å²) in [5.74, 6) is 1.14. The molecule has 2 aliphatic rings. The first-order valence-electron chi connectivity index (χ1n) is 9.04. The van der Waals surface area contributed by atoms with Crippen molar-refractivity contribution in [2.45, 2.75) is 25.9 Å². The number of hydrogen-bond donors (Lipinski definition) is 2. The van der Waals surface area contributed by atoms with E-state index in [2.05, 4.69) is 15.7 Å². The van der Waals surface area contributed by atoms with Crippen molar-refractivity contribution in [3.05, 3.63) is 11.1 Å². The maximum Gasteiger partial charge on any atom is 0.356 e. The predicted molar refractivity (Wildman–Crippen MR) is 110 cm³/mol. The van der Waals surface area contributed by atoms with Gasteiger partial charge >= 0.3 is 5.97 Å². The summed E-state index contributed by atoms with van der Waals surface area (Å²) in [6.07, 6.45) is 1.65. The van der Waals surface area contributed by atoms with Crippen molar-refractivity contribution in [3.63, 3.8) is 0 Å². The van der Waals surface area contributed by atoms with Gasteiger partial charge < -0.3 is 34.3 Å². The molecule has 0 spiro atoms. The highest BCUT2D eigenvalue weighted by Gasteiger charge is 2.34. The molecule has 2 heterocycles. The van der Waals surface area contributed by atoms with E-state index in [1.807, 2.05) is 0 Å². The Balaban J connectivity index is 1.97. The first-order valence-corrected chi connectivity index (χ1v) is 9.45. The summed E-state index contributed by atoms with van der Waals surface area (Å²) in [7, 11) is 3.01. The lowest BCUT2D eigenvalue weighted by Gasteiger charge is -2.19. The van der Waals surface area contributed by atoms with Crippen LogP contribution in [-0.4, -0.2) is 56.7 Å². The molecule has 0 aromatic heterocycles. The Hall–Kier alpha value is -3.28. The summed E-state index contributed by atoms with van der Waals surface area (Å²) in [6, 6.07) is 0. The molecule has 2 aliphatic heterocycles. The number of oxime groups is 1. The molecule has 30 heavy (non-hydrogen) atoms. The number of hydrazone groups is 1. The van der Waals surface area contributed by atoms with Crippen LogP contribution >= 0.6 is 12.2 Å². The topological polar surface area (TPSA) is 135 Å². The molecule has 3 rings (SSSR count). The van der Waals surface area contributed by atoms with E-state index in [1.54, 1.807) is 6.92 Å². The number of methoxy groups -OCH3 is 2. The van der Waals surface area contributed by atoms with Crippen LogP contribution in [0.4, 0.5) is 0 Å². The number of fused-ring (bicyclic) bond motifs is 1. The standard InChI is InChI=1S/C18H22N4O7S/c1-4-26-17(23)12-6-9(29-22-12)5-10-11(7-20-21-18(19)30)14(25-3)16-15(13(10)24-2)27-8-28-16/h7,9H,4-6,8H2,1-3H3,(H3,19,21,30)/b20-7+/t9-/m1/s1. The number of esters is 1. The number of benzene rings is 1. The zero-order valence-corrected chi connectivity index (χ0v) is 17.5. The smallest absolute Gasteiger partial charge is 0.356 e. The molecule has 0 fully saturated rings. The Morgan fingerprint density at radius 3 is 2.67 bits per heavy atom. The summed E-state index contributed by atoms with van der Waals surface area (Å²) in [5, 5.41) is 7.89. The van der Waals surface area contributed by atoms with Crippen molar-refractivity contribution >= 4 is 35.2 Å². The van der Waals surface area contributed by atoms with E-state index in [4.69, 9.17) is 46.5 Å². The van der Waals surface area contributed by atoms with Gasteiger partial charge in [-0.1, -0.05) is 5.16 Å². The van der Waals surface area contributed by atoms with Gasteiger partial charge in [-0.3, -0.25) is 5.43 Å². The molecule has 0 saturated heterocycles. The lowest BCUT2D eigenvalue weighted by Crippen LogP contribution is -2.24. The Morgan fingerprint density at radius 1 is 1.33 bits per heavy atom. The predicted octanol–water partition coefficient (Wildman–Crippen LogP) is 0.850. The van der Waals surface area contributed by atoms with E-state index in [0.29, 0.717) is 40.5 Å². The molecular formula is C18H22N4O7S. The van der Waals surface area contributed by atoms with E-state index in [9.17, 15) is 4.79 Å². The number of carbonyl (C=O) groups is 1. The molecule has 0 saturated carbocycles. The normalized spacial score (nSPS) is 16.8. The second-order valence-corrected chi connectivity index (χ2v) is 6.59. The van der Waals surface area contributed by atoms with Crippen molar-refractivity contribution in [2.24, 2.45) is 16.0 Å². The van der Waals surface area contributed by atoms with Crippen molar-refractivity contribution in [3.8, 4) is 23.0 Å². The van der Waals surface area contributed by atoms with Crippen LogP contribution in [0.3, 0.4) is 0 Å². The molecule has 3 N–H and O–H groups in total. The molecule has 0 bridgehead atoms. The van der Waals surface area contributed by atoms with E-state index in [1.165, 1.54) is 20.4 Å². The fourth-order valence-electron chi connectivity index (χ4n) is 3.15.